The minimum atomic E-state index is 0.163. The normalized spacial score (nSPS) is 28.6. The summed E-state index contributed by atoms with van der Waals surface area (Å²) in [6.45, 7) is 0. The molecule has 2 saturated carbocycles. The highest BCUT2D eigenvalue weighted by Gasteiger charge is 2.40. The van der Waals surface area contributed by atoms with Gasteiger partial charge in [0.1, 0.15) is 0 Å². The molecule has 3 atom stereocenters. The van der Waals surface area contributed by atoms with Crippen molar-refractivity contribution in [1.82, 2.24) is 0 Å². The molecule has 3 rings (SSSR count). The van der Waals surface area contributed by atoms with Gasteiger partial charge in [-0.3, -0.25) is 4.79 Å². The Morgan fingerprint density at radius 2 is 2.00 bits per heavy atom. The van der Waals surface area contributed by atoms with E-state index in [-0.39, 0.29) is 5.91 Å². The van der Waals surface area contributed by atoms with Crippen LogP contribution >= 0.6 is 11.6 Å². The molecule has 102 valence electrons. The molecule has 3 heteroatoms. The first-order chi connectivity index (χ1) is 9.24. The maximum atomic E-state index is 12.1. The molecule has 0 spiro atoms. The fourth-order valence-electron chi connectivity index (χ4n) is 3.75. The summed E-state index contributed by atoms with van der Waals surface area (Å²) < 4.78 is 0. The van der Waals surface area contributed by atoms with Crippen LogP contribution < -0.4 is 5.32 Å². The molecule has 0 aromatic heterocycles. The van der Waals surface area contributed by atoms with Crippen LogP contribution in [-0.4, -0.2) is 5.91 Å². The Hall–Kier alpha value is -1.02. The highest BCUT2D eigenvalue weighted by atomic mass is 35.5. The van der Waals surface area contributed by atoms with Gasteiger partial charge in [0.05, 0.1) is 0 Å². The molecule has 1 aromatic rings. The lowest BCUT2D eigenvalue weighted by atomic mass is 9.86. The maximum Gasteiger partial charge on any atom is 0.224 e. The van der Waals surface area contributed by atoms with Crippen LogP contribution in [0.15, 0.2) is 24.3 Å². The zero-order valence-electron chi connectivity index (χ0n) is 11.1. The second kappa shape index (κ2) is 5.54. The number of halogens is 1. The molecule has 0 saturated heterocycles. The molecule has 3 unspecified atom stereocenters. The van der Waals surface area contributed by atoms with Crippen LogP contribution in [0.3, 0.4) is 0 Å². The van der Waals surface area contributed by atoms with Crippen LogP contribution in [0.1, 0.15) is 37.7 Å². The zero-order chi connectivity index (χ0) is 13.2. The number of carbonyl (C=O) groups is 1. The van der Waals surface area contributed by atoms with Gasteiger partial charge < -0.3 is 5.32 Å². The second-order valence-corrected chi connectivity index (χ2v) is 6.29. The standard InChI is InChI=1S/C16H20ClNO/c17-10-11-2-5-15(6-3-11)18-16(19)9-14-8-12-1-4-13(14)7-12/h2-3,5-6,12-14H,1,4,7-10H2,(H,18,19). The molecule has 1 amide bonds. The van der Waals surface area contributed by atoms with E-state index in [1.54, 1.807) is 0 Å². The molecule has 19 heavy (non-hydrogen) atoms. The molecule has 0 aliphatic heterocycles. The summed E-state index contributed by atoms with van der Waals surface area (Å²) in [5.74, 6) is 3.02. The summed E-state index contributed by atoms with van der Waals surface area (Å²) in [5.41, 5.74) is 1.95. The number of amides is 1. The van der Waals surface area contributed by atoms with E-state index in [0.29, 0.717) is 18.2 Å². The van der Waals surface area contributed by atoms with E-state index in [0.717, 1.165) is 23.1 Å². The summed E-state index contributed by atoms with van der Waals surface area (Å²) >= 11 is 5.75. The molecular weight excluding hydrogens is 258 g/mol. The van der Waals surface area contributed by atoms with E-state index in [1.165, 1.54) is 25.7 Å². The Morgan fingerprint density at radius 1 is 1.21 bits per heavy atom. The Labute approximate surface area is 119 Å². The third-order valence-corrected chi connectivity index (χ3v) is 5.03. The predicted octanol–water partition coefficient (Wildman–Crippen LogP) is 4.19. The smallest absolute Gasteiger partial charge is 0.224 e. The highest BCUT2D eigenvalue weighted by molar-refractivity contribution is 6.17. The average molecular weight is 278 g/mol. The lowest BCUT2D eigenvalue weighted by molar-refractivity contribution is -0.117. The Balaban J connectivity index is 1.53. The molecule has 0 radical (unpaired) electrons. The first kappa shape index (κ1) is 13.0. The van der Waals surface area contributed by atoms with Crippen LogP contribution in [0.25, 0.3) is 0 Å². The lowest BCUT2D eigenvalue weighted by Gasteiger charge is -2.20. The van der Waals surface area contributed by atoms with Crippen LogP contribution in [-0.2, 0) is 10.7 Å². The van der Waals surface area contributed by atoms with Crippen molar-refractivity contribution in [3.05, 3.63) is 29.8 Å². The van der Waals surface area contributed by atoms with Gasteiger partial charge in [0.25, 0.3) is 0 Å². The van der Waals surface area contributed by atoms with Gasteiger partial charge in [-0.1, -0.05) is 18.6 Å². The molecule has 2 aliphatic carbocycles. The van der Waals surface area contributed by atoms with Crippen molar-refractivity contribution in [2.45, 2.75) is 38.0 Å². The number of benzene rings is 1. The van der Waals surface area contributed by atoms with Gasteiger partial charge in [-0.2, -0.15) is 0 Å². The van der Waals surface area contributed by atoms with Gasteiger partial charge in [0.2, 0.25) is 5.91 Å². The maximum absolute atomic E-state index is 12.1. The third kappa shape index (κ3) is 2.94. The van der Waals surface area contributed by atoms with E-state index in [9.17, 15) is 4.79 Å². The van der Waals surface area contributed by atoms with Gasteiger partial charge in [0, 0.05) is 18.0 Å². The van der Waals surface area contributed by atoms with Gasteiger partial charge in [0.15, 0.2) is 0 Å². The molecule has 2 aliphatic rings. The largest absolute Gasteiger partial charge is 0.326 e. The van der Waals surface area contributed by atoms with Crippen molar-refractivity contribution >= 4 is 23.2 Å². The minimum absolute atomic E-state index is 0.163. The predicted molar refractivity (Wildman–Crippen MR) is 78.2 cm³/mol. The number of rotatable bonds is 4. The average Bonchev–Trinajstić information content (AvgIpc) is 3.02. The number of nitrogens with one attached hydrogen (secondary N) is 1. The van der Waals surface area contributed by atoms with Gasteiger partial charge >= 0.3 is 0 Å². The topological polar surface area (TPSA) is 29.1 Å². The van der Waals surface area contributed by atoms with E-state index in [4.69, 9.17) is 11.6 Å². The van der Waals surface area contributed by atoms with E-state index in [1.807, 2.05) is 24.3 Å². The molecular formula is C16H20ClNO. The molecule has 1 aromatic carbocycles. The van der Waals surface area contributed by atoms with Crippen molar-refractivity contribution in [2.24, 2.45) is 17.8 Å². The second-order valence-electron chi connectivity index (χ2n) is 6.02. The summed E-state index contributed by atoms with van der Waals surface area (Å²) in [7, 11) is 0. The van der Waals surface area contributed by atoms with Crippen LogP contribution in [0.5, 0.6) is 0 Å². The fourth-order valence-corrected chi connectivity index (χ4v) is 3.93. The quantitative estimate of drug-likeness (QED) is 0.822. The zero-order valence-corrected chi connectivity index (χ0v) is 11.8. The summed E-state index contributed by atoms with van der Waals surface area (Å²) in [6, 6.07) is 7.77. The third-order valence-electron chi connectivity index (χ3n) is 4.72. The monoisotopic (exact) mass is 277 g/mol. The summed E-state index contributed by atoms with van der Waals surface area (Å²) in [6.07, 6.45) is 6.06. The number of carbonyl (C=O) groups excluding carboxylic acids is 1. The SMILES string of the molecule is O=C(CC1CC2CCC1C2)Nc1ccc(CCl)cc1. The van der Waals surface area contributed by atoms with E-state index in [2.05, 4.69) is 5.32 Å². The lowest BCUT2D eigenvalue weighted by Crippen LogP contribution is -2.20. The first-order valence-electron chi connectivity index (χ1n) is 7.19. The molecule has 0 heterocycles. The fraction of sp³-hybridized carbons (Fsp3) is 0.562. The Bertz CT molecular complexity index is 456. The summed E-state index contributed by atoms with van der Waals surface area (Å²) in [4.78, 5) is 12.1. The number of anilines is 1. The van der Waals surface area contributed by atoms with Crippen LogP contribution in [0, 0.1) is 17.8 Å². The van der Waals surface area contributed by atoms with Crippen molar-refractivity contribution in [3.8, 4) is 0 Å². The number of alkyl halides is 1. The summed E-state index contributed by atoms with van der Waals surface area (Å²) in [5, 5.41) is 3.00. The number of hydrogen-bond donors (Lipinski definition) is 1. The van der Waals surface area contributed by atoms with Crippen molar-refractivity contribution in [2.75, 3.05) is 5.32 Å². The number of hydrogen-bond acceptors (Lipinski definition) is 1. The van der Waals surface area contributed by atoms with Crippen LogP contribution in [0.2, 0.25) is 0 Å². The molecule has 2 bridgehead atoms. The van der Waals surface area contributed by atoms with Gasteiger partial charge in [-0.25, -0.2) is 0 Å². The van der Waals surface area contributed by atoms with Gasteiger partial charge in [-0.05, 0) is 54.7 Å². The van der Waals surface area contributed by atoms with E-state index >= 15 is 0 Å². The first-order valence-corrected chi connectivity index (χ1v) is 7.73. The van der Waals surface area contributed by atoms with E-state index < -0.39 is 0 Å². The van der Waals surface area contributed by atoms with Crippen molar-refractivity contribution in [1.29, 1.82) is 0 Å². The minimum Gasteiger partial charge on any atom is -0.326 e. The molecule has 2 nitrogen and oxygen atoms in total. The van der Waals surface area contributed by atoms with Crippen molar-refractivity contribution in [3.63, 3.8) is 0 Å². The number of fused-ring (bicyclic) bond motifs is 2. The van der Waals surface area contributed by atoms with Crippen molar-refractivity contribution < 1.29 is 4.79 Å². The Kier molecular flexibility index (Phi) is 3.79. The highest BCUT2D eigenvalue weighted by Crippen LogP contribution is 2.49. The Morgan fingerprint density at radius 3 is 2.58 bits per heavy atom. The van der Waals surface area contributed by atoms with Crippen LogP contribution in [0.4, 0.5) is 5.69 Å². The van der Waals surface area contributed by atoms with Gasteiger partial charge in [-0.15, -0.1) is 11.6 Å². The molecule has 1 N–H and O–H groups in total. The molecule has 2 fully saturated rings.